The van der Waals surface area contributed by atoms with Crippen molar-refractivity contribution >= 4 is 17.6 Å². The van der Waals surface area contributed by atoms with Crippen LogP contribution in [0.2, 0.25) is 5.02 Å². The number of rotatable bonds is 5. The van der Waals surface area contributed by atoms with Gasteiger partial charge in [0.15, 0.2) is 5.96 Å². The summed E-state index contributed by atoms with van der Waals surface area (Å²) in [4.78, 5) is 4.76. The van der Waals surface area contributed by atoms with Crippen molar-refractivity contribution in [1.82, 2.24) is 20.4 Å². The largest absolute Gasteiger partial charge is 0.357 e. The molecule has 5 nitrogen and oxygen atoms in total. The van der Waals surface area contributed by atoms with E-state index in [1.165, 1.54) is 16.8 Å². The maximum absolute atomic E-state index is 6.10. The van der Waals surface area contributed by atoms with Crippen LogP contribution in [-0.2, 0) is 13.6 Å². The zero-order valence-electron chi connectivity index (χ0n) is 15.3. The van der Waals surface area contributed by atoms with Crippen LogP contribution in [0.4, 0.5) is 0 Å². The Morgan fingerprint density at radius 3 is 2.84 bits per heavy atom. The third-order valence-corrected chi connectivity index (χ3v) is 5.02. The molecule has 0 amide bonds. The van der Waals surface area contributed by atoms with Gasteiger partial charge in [0, 0.05) is 41.8 Å². The van der Waals surface area contributed by atoms with Crippen LogP contribution in [0.15, 0.2) is 29.3 Å². The van der Waals surface area contributed by atoms with Crippen LogP contribution in [0.3, 0.4) is 0 Å². The van der Waals surface area contributed by atoms with E-state index in [0.717, 1.165) is 29.6 Å². The number of guanidine groups is 1. The fourth-order valence-corrected chi connectivity index (χ4v) is 3.36. The predicted molar refractivity (Wildman–Crippen MR) is 103 cm³/mol. The van der Waals surface area contributed by atoms with E-state index in [-0.39, 0.29) is 0 Å². The summed E-state index contributed by atoms with van der Waals surface area (Å²) in [5.41, 5.74) is 4.70. The van der Waals surface area contributed by atoms with E-state index in [9.17, 15) is 0 Å². The molecular formula is C19H26ClN5. The number of hydrogen-bond donors (Lipinski definition) is 2. The van der Waals surface area contributed by atoms with Gasteiger partial charge in [0.1, 0.15) is 0 Å². The minimum atomic E-state index is 0.410. The van der Waals surface area contributed by atoms with Gasteiger partial charge in [-0.25, -0.2) is 4.99 Å². The fraction of sp³-hybridized carbons (Fsp3) is 0.474. The van der Waals surface area contributed by atoms with Crippen molar-refractivity contribution in [2.45, 2.75) is 45.7 Å². The van der Waals surface area contributed by atoms with E-state index in [2.05, 4.69) is 41.7 Å². The smallest absolute Gasteiger partial charge is 0.191 e. The van der Waals surface area contributed by atoms with Gasteiger partial charge < -0.3 is 10.6 Å². The number of nitrogens with zero attached hydrogens (tertiary/aromatic N) is 3. The molecule has 0 aliphatic heterocycles. The summed E-state index contributed by atoms with van der Waals surface area (Å²) >= 11 is 6.10. The van der Waals surface area contributed by atoms with Crippen molar-refractivity contribution in [2.24, 2.45) is 12.0 Å². The van der Waals surface area contributed by atoms with Gasteiger partial charge in [0.2, 0.25) is 0 Å². The third kappa shape index (κ3) is 4.15. The van der Waals surface area contributed by atoms with Crippen LogP contribution < -0.4 is 10.6 Å². The van der Waals surface area contributed by atoms with Crippen molar-refractivity contribution in [1.29, 1.82) is 0 Å². The van der Waals surface area contributed by atoms with Gasteiger partial charge in [-0.1, -0.05) is 23.7 Å². The Bertz CT molecular complexity index is 780. The van der Waals surface area contributed by atoms with Gasteiger partial charge in [0.25, 0.3) is 0 Å². The standard InChI is InChI=1S/C19H26ClN5/c1-5-21-19(22-11-17-12(2)24-25(4)13(17)3)23-18-10-16(18)14-7-6-8-15(20)9-14/h6-9,16,18H,5,10-11H2,1-4H3,(H2,21,22,23). The van der Waals surface area contributed by atoms with Crippen molar-refractivity contribution in [2.75, 3.05) is 6.54 Å². The monoisotopic (exact) mass is 359 g/mol. The predicted octanol–water partition coefficient (Wildman–Crippen LogP) is 3.30. The van der Waals surface area contributed by atoms with Gasteiger partial charge in [-0.15, -0.1) is 0 Å². The lowest BCUT2D eigenvalue weighted by molar-refractivity contribution is 0.729. The fourth-order valence-electron chi connectivity index (χ4n) is 3.16. The van der Waals surface area contributed by atoms with E-state index in [1.54, 1.807) is 0 Å². The Morgan fingerprint density at radius 2 is 2.20 bits per heavy atom. The molecule has 2 unspecified atom stereocenters. The average Bonchev–Trinajstić information content (AvgIpc) is 3.28. The highest BCUT2D eigenvalue weighted by atomic mass is 35.5. The van der Waals surface area contributed by atoms with Crippen LogP contribution in [0, 0.1) is 13.8 Å². The zero-order valence-corrected chi connectivity index (χ0v) is 16.1. The lowest BCUT2D eigenvalue weighted by Crippen LogP contribution is -2.39. The molecule has 2 aromatic rings. The highest BCUT2D eigenvalue weighted by Gasteiger charge is 2.39. The lowest BCUT2D eigenvalue weighted by Gasteiger charge is -2.11. The molecule has 0 saturated heterocycles. The average molecular weight is 360 g/mol. The number of benzene rings is 1. The van der Waals surface area contributed by atoms with Gasteiger partial charge in [-0.3, -0.25) is 4.68 Å². The first kappa shape index (κ1) is 17.8. The number of hydrogen-bond acceptors (Lipinski definition) is 2. The van der Waals surface area contributed by atoms with E-state index in [1.807, 2.05) is 30.8 Å². The summed E-state index contributed by atoms with van der Waals surface area (Å²) in [5.74, 6) is 1.36. The molecule has 3 rings (SSSR count). The second-order valence-electron chi connectivity index (χ2n) is 6.62. The SMILES string of the molecule is CCNC(=NCc1c(C)nn(C)c1C)NC1CC1c1cccc(Cl)c1. The second-order valence-corrected chi connectivity index (χ2v) is 7.05. The van der Waals surface area contributed by atoms with E-state index in [4.69, 9.17) is 16.6 Å². The molecule has 25 heavy (non-hydrogen) atoms. The van der Waals surface area contributed by atoms with Gasteiger partial charge in [0.05, 0.1) is 12.2 Å². The maximum Gasteiger partial charge on any atom is 0.191 e. The van der Waals surface area contributed by atoms with Gasteiger partial charge in [-0.2, -0.15) is 5.10 Å². The topological polar surface area (TPSA) is 54.2 Å². The van der Waals surface area contributed by atoms with E-state index in [0.29, 0.717) is 18.5 Å². The Hall–Kier alpha value is -2.01. The summed E-state index contributed by atoms with van der Waals surface area (Å²) in [6.45, 7) is 7.68. The summed E-state index contributed by atoms with van der Waals surface area (Å²) < 4.78 is 1.91. The number of aryl methyl sites for hydroxylation is 2. The molecule has 1 fully saturated rings. The van der Waals surface area contributed by atoms with Gasteiger partial charge >= 0.3 is 0 Å². The molecule has 1 aliphatic carbocycles. The third-order valence-electron chi connectivity index (χ3n) is 4.79. The van der Waals surface area contributed by atoms with E-state index >= 15 is 0 Å². The molecule has 6 heteroatoms. The number of halogens is 1. The molecular weight excluding hydrogens is 334 g/mol. The van der Waals surface area contributed by atoms with Crippen LogP contribution in [-0.4, -0.2) is 28.3 Å². The molecule has 134 valence electrons. The minimum absolute atomic E-state index is 0.410. The number of nitrogens with one attached hydrogen (secondary N) is 2. The number of aliphatic imine (C=N–C) groups is 1. The molecule has 1 aliphatic rings. The highest BCUT2D eigenvalue weighted by Crippen LogP contribution is 2.41. The molecule has 2 N–H and O–H groups in total. The van der Waals surface area contributed by atoms with Crippen LogP contribution in [0.1, 0.15) is 41.8 Å². The van der Waals surface area contributed by atoms with Crippen molar-refractivity contribution in [3.63, 3.8) is 0 Å². The lowest BCUT2D eigenvalue weighted by atomic mass is 10.1. The summed E-state index contributed by atoms with van der Waals surface area (Å²) in [7, 11) is 1.97. The molecule has 1 aromatic heterocycles. The first-order chi connectivity index (χ1) is 12.0. The van der Waals surface area contributed by atoms with Crippen molar-refractivity contribution in [3.8, 4) is 0 Å². The molecule has 1 saturated carbocycles. The summed E-state index contributed by atoms with van der Waals surface area (Å²) in [6, 6.07) is 8.54. The Balaban J connectivity index is 1.66. The normalized spacial score (nSPS) is 19.8. The number of aromatic nitrogens is 2. The Labute approximate surface area is 154 Å². The Kier molecular flexibility index (Phi) is 5.33. The first-order valence-corrected chi connectivity index (χ1v) is 9.16. The summed E-state index contributed by atoms with van der Waals surface area (Å²) in [5, 5.41) is 12.1. The minimum Gasteiger partial charge on any atom is -0.357 e. The highest BCUT2D eigenvalue weighted by molar-refractivity contribution is 6.30. The molecule has 2 atom stereocenters. The van der Waals surface area contributed by atoms with Crippen molar-refractivity contribution in [3.05, 3.63) is 51.8 Å². The van der Waals surface area contributed by atoms with Crippen molar-refractivity contribution < 1.29 is 0 Å². The first-order valence-electron chi connectivity index (χ1n) is 8.79. The Morgan fingerprint density at radius 1 is 1.40 bits per heavy atom. The molecule has 0 spiro atoms. The molecule has 0 bridgehead atoms. The van der Waals surface area contributed by atoms with Crippen LogP contribution >= 0.6 is 11.6 Å². The molecule has 1 heterocycles. The quantitative estimate of drug-likeness (QED) is 0.636. The van der Waals surface area contributed by atoms with Crippen LogP contribution in [0.5, 0.6) is 0 Å². The van der Waals surface area contributed by atoms with E-state index < -0.39 is 0 Å². The summed E-state index contributed by atoms with van der Waals surface area (Å²) in [6.07, 6.45) is 1.11. The van der Waals surface area contributed by atoms with Crippen LogP contribution in [0.25, 0.3) is 0 Å². The second kappa shape index (κ2) is 7.48. The molecule has 1 aromatic carbocycles. The molecule has 0 radical (unpaired) electrons. The maximum atomic E-state index is 6.10. The van der Waals surface area contributed by atoms with Gasteiger partial charge in [-0.05, 0) is 44.9 Å². The zero-order chi connectivity index (χ0) is 18.0.